The van der Waals surface area contributed by atoms with E-state index >= 15 is 0 Å². The molecule has 3 N–H and O–H groups in total. The van der Waals surface area contributed by atoms with Crippen LogP contribution in [0.2, 0.25) is 0 Å². The largest absolute Gasteiger partial charge is 0.444 e. The fraction of sp³-hybridized carbons (Fsp3) is 0.579. The highest BCUT2D eigenvalue weighted by Gasteiger charge is 2.40. The average Bonchev–Trinajstić information content (AvgIpc) is 3.32. The van der Waals surface area contributed by atoms with Gasteiger partial charge in [-0.1, -0.05) is 0 Å². The van der Waals surface area contributed by atoms with Gasteiger partial charge < -0.3 is 25.4 Å². The van der Waals surface area contributed by atoms with Crippen LogP contribution in [0.15, 0.2) is 12.1 Å². The van der Waals surface area contributed by atoms with Gasteiger partial charge in [0.15, 0.2) is 0 Å². The molecular weight excluding hydrogens is 353 g/mol. The molecule has 148 valence electrons. The van der Waals surface area contributed by atoms with Crippen molar-refractivity contribution in [2.24, 2.45) is 0 Å². The first-order valence-corrected chi connectivity index (χ1v) is 9.17. The minimum Gasteiger partial charge on any atom is -0.444 e. The van der Waals surface area contributed by atoms with E-state index < -0.39 is 23.6 Å². The molecule has 1 aromatic rings. The Morgan fingerprint density at radius 2 is 2.07 bits per heavy atom. The third kappa shape index (κ3) is 4.88. The lowest BCUT2D eigenvalue weighted by Gasteiger charge is -2.21. The molecule has 0 unspecified atom stereocenters. The smallest absolute Gasteiger partial charge is 0.407 e. The maximum atomic E-state index is 14.5. The summed E-state index contributed by atoms with van der Waals surface area (Å²) in [6.07, 6.45) is 0.548. The Morgan fingerprint density at radius 1 is 1.37 bits per heavy atom. The summed E-state index contributed by atoms with van der Waals surface area (Å²) in [6, 6.07) is 3.21. The van der Waals surface area contributed by atoms with E-state index in [-0.39, 0.29) is 31.5 Å². The topological polar surface area (TPSA) is 90.9 Å². The lowest BCUT2D eigenvalue weighted by atomic mass is 10.1. The first kappa shape index (κ1) is 19.4. The first-order chi connectivity index (χ1) is 12.6. The molecule has 2 aliphatic rings. The van der Waals surface area contributed by atoms with Gasteiger partial charge in [0.25, 0.3) is 0 Å². The number of rotatable bonds is 6. The van der Waals surface area contributed by atoms with Crippen molar-refractivity contribution >= 4 is 23.4 Å². The van der Waals surface area contributed by atoms with Crippen molar-refractivity contribution in [3.05, 3.63) is 23.5 Å². The highest BCUT2D eigenvalue weighted by molar-refractivity contribution is 6.02. The molecule has 0 saturated heterocycles. The zero-order valence-corrected chi connectivity index (χ0v) is 15.8. The van der Waals surface area contributed by atoms with Gasteiger partial charge in [-0.3, -0.25) is 4.79 Å². The van der Waals surface area contributed by atoms with E-state index in [2.05, 4.69) is 10.6 Å². The van der Waals surface area contributed by atoms with Gasteiger partial charge >= 0.3 is 6.09 Å². The van der Waals surface area contributed by atoms with E-state index in [4.69, 9.17) is 4.74 Å². The number of nitrogens with zero attached hydrogens (tertiary/aromatic N) is 1. The summed E-state index contributed by atoms with van der Waals surface area (Å²) in [6.45, 7) is 5.38. The lowest BCUT2D eigenvalue weighted by Crippen LogP contribution is -2.39. The van der Waals surface area contributed by atoms with Gasteiger partial charge in [0.1, 0.15) is 11.4 Å². The highest BCUT2D eigenvalue weighted by atomic mass is 19.1. The van der Waals surface area contributed by atoms with Crippen LogP contribution in [0, 0.1) is 5.82 Å². The minimum atomic E-state index is -0.876. The number of halogens is 1. The number of amides is 2. The Bertz CT molecular complexity index is 743. The van der Waals surface area contributed by atoms with E-state index in [0.29, 0.717) is 16.9 Å². The predicted molar refractivity (Wildman–Crippen MR) is 99.3 cm³/mol. The third-order valence-corrected chi connectivity index (χ3v) is 4.33. The van der Waals surface area contributed by atoms with Crippen molar-refractivity contribution < 1.29 is 23.8 Å². The first-order valence-electron chi connectivity index (χ1n) is 9.17. The van der Waals surface area contributed by atoms with Gasteiger partial charge in [-0.15, -0.1) is 0 Å². The van der Waals surface area contributed by atoms with Crippen molar-refractivity contribution in [1.82, 2.24) is 5.32 Å². The van der Waals surface area contributed by atoms with Crippen LogP contribution in [0.4, 0.5) is 20.6 Å². The molecule has 1 aliphatic heterocycles. The van der Waals surface area contributed by atoms with Crippen LogP contribution in [0.3, 0.4) is 0 Å². The van der Waals surface area contributed by atoms with Crippen molar-refractivity contribution in [1.29, 1.82) is 0 Å². The number of ether oxygens (including phenoxy) is 1. The van der Waals surface area contributed by atoms with Gasteiger partial charge in [0.2, 0.25) is 5.91 Å². The van der Waals surface area contributed by atoms with Crippen LogP contribution in [-0.2, 0) is 16.0 Å². The monoisotopic (exact) mass is 379 g/mol. The number of nitrogens with one attached hydrogen (secondary N) is 2. The summed E-state index contributed by atoms with van der Waals surface area (Å²) < 4.78 is 19.6. The molecule has 1 aliphatic carbocycles. The number of alkyl carbamates (subject to hydrolysis) is 1. The molecule has 0 radical (unpaired) electrons. The van der Waals surface area contributed by atoms with Gasteiger partial charge in [-0.25, -0.2) is 9.18 Å². The van der Waals surface area contributed by atoms with Crippen molar-refractivity contribution in [2.75, 3.05) is 23.3 Å². The highest BCUT2D eigenvalue weighted by Crippen LogP contribution is 2.41. The van der Waals surface area contributed by atoms with Crippen LogP contribution in [0.5, 0.6) is 0 Å². The summed E-state index contributed by atoms with van der Waals surface area (Å²) in [4.78, 5) is 25.3. The Morgan fingerprint density at radius 3 is 2.70 bits per heavy atom. The number of hydrogen-bond donors (Lipinski definition) is 3. The minimum absolute atomic E-state index is 0.00325. The number of fused-ring (bicyclic) bond motifs is 1. The van der Waals surface area contributed by atoms with E-state index in [1.165, 1.54) is 6.07 Å². The molecule has 27 heavy (non-hydrogen) atoms. The average molecular weight is 379 g/mol. The van der Waals surface area contributed by atoms with E-state index in [1.54, 1.807) is 31.7 Å². The lowest BCUT2D eigenvalue weighted by molar-refractivity contribution is -0.117. The molecule has 3 rings (SSSR count). The fourth-order valence-electron chi connectivity index (χ4n) is 3.08. The molecular formula is C19H26FN3O4. The number of anilines is 2. The summed E-state index contributed by atoms with van der Waals surface area (Å²) in [5.74, 6) is -0.501. The maximum Gasteiger partial charge on any atom is 0.407 e. The molecule has 1 heterocycles. The van der Waals surface area contributed by atoms with Crippen molar-refractivity contribution in [3.8, 4) is 0 Å². The van der Waals surface area contributed by atoms with Crippen LogP contribution in [-0.4, -0.2) is 47.9 Å². The quantitative estimate of drug-likeness (QED) is 0.705. The third-order valence-electron chi connectivity index (χ3n) is 4.33. The Labute approximate surface area is 157 Å². The summed E-state index contributed by atoms with van der Waals surface area (Å²) in [5.41, 5.74) is 0.935. The molecule has 1 aromatic carbocycles. The molecule has 0 aromatic heterocycles. The number of carbonyl (C=O) groups is 2. The molecule has 8 heteroatoms. The van der Waals surface area contributed by atoms with Crippen molar-refractivity contribution in [3.63, 3.8) is 0 Å². The molecule has 1 fully saturated rings. The second kappa shape index (κ2) is 7.34. The van der Waals surface area contributed by atoms with Crippen molar-refractivity contribution in [2.45, 2.75) is 57.8 Å². The zero-order chi connectivity index (χ0) is 19.8. The second-order valence-electron chi connectivity index (χ2n) is 8.06. The molecule has 1 saturated carbocycles. The fourth-order valence-corrected chi connectivity index (χ4v) is 3.08. The molecule has 0 bridgehead atoms. The number of hydrogen-bond acceptors (Lipinski definition) is 5. The molecule has 0 spiro atoms. The Kier molecular flexibility index (Phi) is 5.28. The van der Waals surface area contributed by atoms with E-state index in [9.17, 15) is 19.1 Å². The normalized spacial score (nSPS) is 17.5. The van der Waals surface area contributed by atoms with E-state index in [1.807, 2.05) is 0 Å². The SMILES string of the molecule is CC(C)(C)OC(=O)NC[C@@H](O)CNc1cc(F)c2c(c1)CC(=O)N2C1CC1. The summed E-state index contributed by atoms with van der Waals surface area (Å²) in [5, 5.41) is 15.4. The number of aliphatic hydroxyl groups excluding tert-OH is 1. The summed E-state index contributed by atoms with van der Waals surface area (Å²) >= 11 is 0. The van der Waals surface area contributed by atoms with E-state index in [0.717, 1.165) is 12.8 Å². The van der Waals surface area contributed by atoms with Gasteiger partial charge in [-0.2, -0.15) is 0 Å². The number of benzene rings is 1. The standard InChI is InChI=1S/C19H26FN3O4/c1-19(2,3)27-18(26)22-10-14(24)9-21-12-6-11-7-16(25)23(13-4-5-13)17(11)15(20)8-12/h6,8,13-14,21,24H,4-5,7,9-10H2,1-3H3,(H,22,26)/t14-/m0/s1. The van der Waals surface area contributed by atoms with Crippen LogP contribution >= 0.6 is 0 Å². The summed E-state index contributed by atoms with van der Waals surface area (Å²) in [7, 11) is 0. The zero-order valence-electron chi connectivity index (χ0n) is 15.8. The number of carbonyl (C=O) groups excluding carboxylic acids is 2. The van der Waals surface area contributed by atoms with Gasteiger partial charge in [-0.05, 0) is 51.3 Å². The van der Waals surface area contributed by atoms with Gasteiger partial charge in [0, 0.05) is 24.8 Å². The molecule has 2 amide bonds. The van der Waals surface area contributed by atoms with Crippen LogP contribution in [0.25, 0.3) is 0 Å². The maximum absolute atomic E-state index is 14.5. The molecule has 7 nitrogen and oxygen atoms in total. The Hall–Kier alpha value is -2.35. The predicted octanol–water partition coefficient (Wildman–Crippen LogP) is 2.17. The second-order valence-corrected chi connectivity index (χ2v) is 8.06. The van der Waals surface area contributed by atoms with Crippen LogP contribution in [0.1, 0.15) is 39.2 Å². The number of aliphatic hydroxyl groups is 1. The Balaban J connectivity index is 1.53. The van der Waals surface area contributed by atoms with Crippen LogP contribution < -0.4 is 15.5 Å². The van der Waals surface area contributed by atoms with Gasteiger partial charge in [0.05, 0.1) is 18.2 Å². The molecule has 1 atom stereocenters.